The first-order valence-electron chi connectivity index (χ1n) is 4.59. The lowest BCUT2D eigenvalue weighted by atomic mass is 10.2. The van der Waals surface area contributed by atoms with E-state index in [1.165, 1.54) is 11.1 Å². The molecule has 2 N–H and O–H groups in total. The van der Waals surface area contributed by atoms with Crippen molar-refractivity contribution in [2.45, 2.75) is 18.9 Å². The Kier molecular flexibility index (Phi) is 2.36. The molecular formula is C8H10N4O3. The maximum absolute atomic E-state index is 11.8. The van der Waals surface area contributed by atoms with Gasteiger partial charge in [-0.25, -0.2) is 4.79 Å². The highest BCUT2D eigenvalue weighted by molar-refractivity contribution is 5.95. The van der Waals surface area contributed by atoms with Crippen molar-refractivity contribution in [3.05, 3.63) is 11.9 Å². The number of amides is 1. The number of hydrogen-bond acceptors (Lipinski definition) is 4. The molecular weight excluding hydrogens is 200 g/mol. The second kappa shape index (κ2) is 3.68. The lowest BCUT2D eigenvalue weighted by Crippen LogP contribution is -2.40. The zero-order chi connectivity index (χ0) is 10.8. The summed E-state index contributed by atoms with van der Waals surface area (Å²) < 4.78 is 0. The molecule has 2 heterocycles. The van der Waals surface area contributed by atoms with E-state index >= 15 is 0 Å². The number of nitrogens with zero attached hydrogens (tertiary/aromatic N) is 3. The molecule has 0 bridgehead atoms. The van der Waals surface area contributed by atoms with Crippen molar-refractivity contribution in [1.29, 1.82) is 0 Å². The van der Waals surface area contributed by atoms with E-state index < -0.39 is 12.0 Å². The Hall–Kier alpha value is -1.92. The van der Waals surface area contributed by atoms with Crippen LogP contribution < -0.4 is 0 Å². The first-order valence-corrected chi connectivity index (χ1v) is 4.59. The van der Waals surface area contributed by atoms with Crippen molar-refractivity contribution < 1.29 is 14.7 Å². The Labute approximate surface area is 85.1 Å². The third kappa shape index (κ3) is 1.67. The fourth-order valence-electron chi connectivity index (χ4n) is 1.72. The van der Waals surface area contributed by atoms with Crippen LogP contribution in [0.3, 0.4) is 0 Å². The Bertz CT molecular complexity index is 375. The van der Waals surface area contributed by atoms with Crippen LogP contribution in [0.5, 0.6) is 0 Å². The molecule has 1 fully saturated rings. The molecule has 7 nitrogen and oxygen atoms in total. The third-order valence-electron chi connectivity index (χ3n) is 2.43. The zero-order valence-electron chi connectivity index (χ0n) is 7.88. The molecule has 1 aromatic rings. The van der Waals surface area contributed by atoms with E-state index in [9.17, 15) is 9.59 Å². The fraction of sp³-hybridized carbons (Fsp3) is 0.500. The number of aromatic nitrogens is 3. The van der Waals surface area contributed by atoms with E-state index in [1.807, 2.05) is 0 Å². The van der Waals surface area contributed by atoms with Gasteiger partial charge in [-0.1, -0.05) is 0 Å². The molecule has 1 saturated heterocycles. The summed E-state index contributed by atoms with van der Waals surface area (Å²) >= 11 is 0. The number of aromatic amines is 1. The van der Waals surface area contributed by atoms with Gasteiger partial charge in [0.25, 0.3) is 5.91 Å². The van der Waals surface area contributed by atoms with Gasteiger partial charge in [0.2, 0.25) is 0 Å². The number of carboxylic acid groups (broad SMARTS) is 1. The van der Waals surface area contributed by atoms with Gasteiger partial charge in [0.1, 0.15) is 6.04 Å². The minimum atomic E-state index is -0.968. The summed E-state index contributed by atoms with van der Waals surface area (Å²) in [4.78, 5) is 23.9. The molecule has 15 heavy (non-hydrogen) atoms. The van der Waals surface area contributed by atoms with Gasteiger partial charge in [-0.3, -0.25) is 4.79 Å². The van der Waals surface area contributed by atoms with E-state index in [0.29, 0.717) is 19.4 Å². The van der Waals surface area contributed by atoms with Crippen LogP contribution in [0, 0.1) is 0 Å². The Morgan fingerprint density at radius 1 is 1.60 bits per heavy atom. The second-order valence-electron chi connectivity index (χ2n) is 3.35. The van der Waals surface area contributed by atoms with Crippen molar-refractivity contribution in [3.8, 4) is 0 Å². The van der Waals surface area contributed by atoms with Gasteiger partial charge in [-0.05, 0) is 12.8 Å². The van der Waals surface area contributed by atoms with E-state index in [0.717, 1.165) is 0 Å². The van der Waals surface area contributed by atoms with Gasteiger partial charge in [-0.2, -0.15) is 15.4 Å². The predicted molar refractivity (Wildman–Crippen MR) is 48.1 cm³/mol. The van der Waals surface area contributed by atoms with Gasteiger partial charge in [0.05, 0.1) is 6.20 Å². The highest BCUT2D eigenvalue weighted by Crippen LogP contribution is 2.19. The summed E-state index contributed by atoms with van der Waals surface area (Å²) in [5.74, 6) is -1.35. The van der Waals surface area contributed by atoms with Gasteiger partial charge in [0.15, 0.2) is 5.69 Å². The molecule has 1 aliphatic heterocycles. The molecule has 1 aromatic heterocycles. The number of rotatable bonds is 2. The second-order valence-corrected chi connectivity index (χ2v) is 3.35. The predicted octanol–water partition coefficient (Wildman–Crippen LogP) is -0.506. The normalized spacial score (nSPS) is 20.5. The molecule has 1 aliphatic rings. The van der Waals surface area contributed by atoms with Crippen molar-refractivity contribution >= 4 is 11.9 Å². The Morgan fingerprint density at radius 2 is 2.40 bits per heavy atom. The number of carbonyl (C=O) groups is 2. The molecule has 0 saturated carbocycles. The number of nitrogens with one attached hydrogen (secondary N) is 1. The number of carboxylic acids is 1. The highest BCUT2D eigenvalue weighted by atomic mass is 16.4. The number of aliphatic carboxylic acids is 1. The van der Waals surface area contributed by atoms with Crippen LogP contribution in [-0.4, -0.2) is 49.9 Å². The van der Waals surface area contributed by atoms with Crippen LogP contribution in [0.1, 0.15) is 23.3 Å². The summed E-state index contributed by atoms with van der Waals surface area (Å²) in [6, 6.07) is -0.728. The lowest BCUT2D eigenvalue weighted by molar-refractivity contribution is -0.141. The summed E-state index contributed by atoms with van der Waals surface area (Å²) in [6.07, 6.45) is 2.50. The third-order valence-corrected chi connectivity index (χ3v) is 2.43. The summed E-state index contributed by atoms with van der Waals surface area (Å²) in [5.41, 5.74) is 0.156. The van der Waals surface area contributed by atoms with Crippen molar-refractivity contribution in [3.63, 3.8) is 0 Å². The van der Waals surface area contributed by atoms with Gasteiger partial charge in [-0.15, -0.1) is 0 Å². The maximum atomic E-state index is 11.8. The van der Waals surface area contributed by atoms with Crippen LogP contribution in [0.2, 0.25) is 0 Å². The molecule has 80 valence electrons. The van der Waals surface area contributed by atoms with E-state index in [1.54, 1.807) is 0 Å². The molecule has 0 spiro atoms. The lowest BCUT2D eigenvalue weighted by Gasteiger charge is -2.19. The van der Waals surface area contributed by atoms with Crippen LogP contribution in [0.15, 0.2) is 6.20 Å². The van der Waals surface area contributed by atoms with E-state index in [-0.39, 0.29) is 11.6 Å². The average Bonchev–Trinajstić information content (AvgIpc) is 2.88. The Morgan fingerprint density at radius 3 is 3.00 bits per heavy atom. The molecule has 0 aliphatic carbocycles. The standard InChI is InChI=1S/C8H10N4O3/c13-7(5-4-9-11-10-5)12-3-1-2-6(12)8(14)15/h4,6H,1-3H2,(H,14,15)(H,9,10,11)/t6-/m1/s1. The molecule has 2 rings (SSSR count). The van der Waals surface area contributed by atoms with Crippen LogP contribution >= 0.6 is 0 Å². The van der Waals surface area contributed by atoms with E-state index in [4.69, 9.17) is 5.11 Å². The number of H-pyrrole nitrogens is 1. The highest BCUT2D eigenvalue weighted by Gasteiger charge is 2.35. The SMILES string of the molecule is O=C(O)[C@H]1CCCN1C(=O)c1cn[nH]n1. The minimum Gasteiger partial charge on any atom is -0.480 e. The molecule has 0 aromatic carbocycles. The molecule has 0 unspecified atom stereocenters. The minimum absolute atomic E-state index is 0.156. The van der Waals surface area contributed by atoms with Crippen molar-refractivity contribution in [2.24, 2.45) is 0 Å². The largest absolute Gasteiger partial charge is 0.480 e. The average molecular weight is 210 g/mol. The van der Waals surface area contributed by atoms with Crippen LogP contribution in [0.4, 0.5) is 0 Å². The van der Waals surface area contributed by atoms with E-state index in [2.05, 4.69) is 15.4 Å². The first kappa shape index (κ1) is 9.63. The van der Waals surface area contributed by atoms with Crippen LogP contribution in [0.25, 0.3) is 0 Å². The number of carbonyl (C=O) groups excluding carboxylic acids is 1. The molecule has 7 heteroatoms. The van der Waals surface area contributed by atoms with Gasteiger partial charge in [0, 0.05) is 6.54 Å². The van der Waals surface area contributed by atoms with Crippen LogP contribution in [-0.2, 0) is 4.79 Å². The summed E-state index contributed by atoms with van der Waals surface area (Å²) in [6.45, 7) is 0.461. The maximum Gasteiger partial charge on any atom is 0.326 e. The first-order chi connectivity index (χ1) is 7.20. The fourth-order valence-corrected chi connectivity index (χ4v) is 1.72. The summed E-state index contributed by atoms with van der Waals surface area (Å²) in [7, 11) is 0. The number of hydrogen-bond donors (Lipinski definition) is 2. The number of likely N-dealkylation sites (tertiary alicyclic amines) is 1. The smallest absolute Gasteiger partial charge is 0.326 e. The quantitative estimate of drug-likeness (QED) is 0.685. The van der Waals surface area contributed by atoms with Crippen molar-refractivity contribution in [1.82, 2.24) is 20.3 Å². The zero-order valence-corrected chi connectivity index (χ0v) is 7.88. The monoisotopic (exact) mass is 210 g/mol. The topological polar surface area (TPSA) is 99.2 Å². The summed E-state index contributed by atoms with van der Waals surface area (Å²) in [5, 5.41) is 18.4. The van der Waals surface area contributed by atoms with Gasteiger partial charge < -0.3 is 10.0 Å². The molecule has 0 radical (unpaired) electrons. The van der Waals surface area contributed by atoms with Gasteiger partial charge >= 0.3 is 5.97 Å². The molecule has 1 atom stereocenters. The molecule has 1 amide bonds. The Balaban J connectivity index is 2.17. The van der Waals surface area contributed by atoms with Crippen molar-refractivity contribution in [2.75, 3.05) is 6.54 Å².